The fraction of sp³-hybridized carbons (Fsp3) is 0.350. The van der Waals surface area contributed by atoms with E-state index in [-0.39, 0.29) is 29.9 Å². The largest absolute Gasteiger partial charge is 0.494 e. The van der Waals surface area contributed by atoms with Gasteiger partial charge in [0.1, 0.15) is 11.9 Å². The maximum absolute atomic E-state index is 14.1. The molecular formula is C20H22FNO4. The van der Waals surface area contributed by atoms with E-state index in [1.165, 1.54) is 19.2 Å². The summed E-state index contributed by atoms with van der Waals surface area (Å²) in [4.78, 5) is 12.3. The first-order valence-electron chi connectivity index (χ1n) is 8.60. The first kappa shape index (κ1) is 18.2. The number of hydrogen-bond donors (Lipinski definition) is 2. The Morgan fingerprint density at radius 3 is 2.69 bits per heavy atom. The van der Waals surface area contributed by atoms with Gasteiger partial charge in [0.15, 0.2) is 11.6 Å². The third kappa shape index (κ3) is 3.96. The van der Waals surface area contributed by atoms with Crippen LogP contribution in [0.4, 0.5) is 4.39 Å². The predicted molar refractivity (Wildman–Crippen MR) is 94.9 cm³/mol. The van der Waals surface area contributed by atoms with E-state index < -0.39 is 17.8 Å². The summed E-state index contributed by atoms with van der Waals surface area (Å²) >= 11 is 0. The molecule has 5 nitrogen and oxygen atoms in total. The summed E-state index contributed by atoms with van der Waals surface area (Å²) in [6.45, 7) is 0.255. The first-order chi connectivity index (χ1) is 12.6. The Labute approximate surface area is 151 Å². The Morgan fingerprint density at radius 1 is 1.19 bits per heavy atom. The number of para-hydroxylation sites is 1. The van der Waals surface area contributed by atoms with Gasteiger partial charge >= 0.3 is 0 Å². The Bertz CT molecular complexity index is 753. The van der Waals surface area contributed by atoms with Gasteiger partial charge in [0, 0.05) is 12.5 Å². The van der Waals surface area contributed by atoms with Gasteiger partial charge in [-0.25, -0.2) is 4.39 Å². The van der Waals surface area contributed by atoms with Crippen LogP contribution in [0.15, 0.2) is 48.5 Å². The molecule has 1 aliphatic rings. The monoisotopic (exact) mass is 359 g/mol. The average Bonchev–Trinajstić information content (AvgIpc) is 3.00. The van der Waals surface area contributed by atoms with Gasteiger partial charge in [-0.05, 0) is 37.1 Å². The van der Waals surface area contributed by atoms with Crippen molar-refractivity contribution in [1.29, 1.82) is 0 Å². The van der Waals surface area contributed by atoms with Gasteiger partial charge in [-0.15, -0.1) is 0 Å². The molecule has 0 saturated heterocycles. The number of carbonyl (C=O) groups excluding carboxylic acids is 1. The second-order valence-electron chi connectivity index (χ2n) is 6.33. The number of ether oxygens (including phenoxy) is 2. The zero-order valence-corrected chi connectivity index (χ0v) is 14.5. The Kier molecular flexibility index (Phi) is 5.73. The summed E-state index contributed by atoms with van der Waals surface area (Å²) in [5.41, 5.74) is -0.0751. The number of methoxy groups -OCH3 is 1. The lowest BCUT2D eigenvalue weighted by atomic mass is 10.1. The number of halogens is 1. The maximum atomic E-state index is 14.1. The lowest BCUT2D eigenvalue weighted by Gasteiger charge is -2.21. The molecule has 0 unspecified atom stereocenters. The number of aliphatic hydroxyl groups is 1. The second kappa shape index (κ2) is 8.19. The third-order valence-corrected chi connectivity index (χ3v) is 4.67. The summed E-state index contributed by atoms with van der Waals surface area (Å²) in [5, 5.41) is 13.2. The zero-order chi connectivity index (χ0) is 18.5. The van der Waals surface area contributed by atoms with Gasteiger partial charge < -0.3 is 19.9 Å². The van der Waals surface area contributed by atoms with Crippen molar-refractivity contribution in [2.75, 3.05) is 13.7 Å². The normalized spacial score (nSPS) is 22.0. The molecule has 2 aromatic carbocycles. The molecular weight excluding hydrogens is 337 g/mol. The van der Waals surface area contributed by atoms with Crippen LogP contribution in [-0.2, 0) is 0 Å². The molecule has 0 aromatic heterocycles. The first-order valence-corrected chi connectivity index (χ1v) is 8.60. The van der Waals surface area contributed by atoms with Gasteiger partial charge in [0.05, 0.1) is 18.8 Å². The SMILES string of the molecule is COc1cccc(C(=O)NC[C@H]2CC[C@@H](Oc3ccccc3)[C@@H]2O)c1F. The fourth-order valence-corrected chi connectivity index (χ4v) is 3.21. The fourth-order valence-electron chi connectivity index (χ4n) is 3.21. The van der Waals surface area contributed by atoms with Crippen LogP contribution in [0.3, 0.4) is 0 Å². The van der Waals surface area contributed by atoms with Crippen molar-refractivity contribution in [2.24, 2.45) is 5.92 Å². The van der Waals surface area contributed by atoms with Gasteiger partial charge in [-0.1, -0.05) is 24.3 Å². The number of rotatable bonds is 6. The van der Waals surface area contributed by atoms with Crippen molar-refractivity contribution in [3.8, 4) is 11.5 Å². The number of amides is 1. The zero-order valence-electron chi connectivity index (χ0n) is 14.5. The quantitative estimate of drug-likeness (QED) is 0.832. The van der Waals surface area contributed by atoms with E-state index in [1.807, 2.05) is 30.3 Å². The molecule has 0 heterocycles. The molecule has 26 heavy (non-hydrogen) atoms. The van der Waals surface area contributed by atoms with E-state index in [2.05, 4.69) is 5.32 Å². The van der Waals surface area contributed by atoms with Crippen LogP contribution in [0.5, 0.6) is 11.5 Å². The minimum atomic E-state index is -0.690. The topological polar surface area (TPSA) is 67.8 Å². The molecule has 138 valence electrons. The molecule has 3 atom stereocenters. The van der Waals surface area contributed by atoms with Crippen molar-refractivity contribution in [2.45, 2.75) is 25.0 Å². The highest BCUT2D eigenvalue weighted by molar-refractivity contribution is 5.94. The highest BCUT2D eigenvalue weighted by Gasteiger charge is 2.36. The smallest absolute Gasteiger partial charge is 0.254 e. The standard InChI is InChI=1S/C20H22FNO4/c1-25-16-9-5-8-15(18(16)21)20(24)22-12-13-10-11-17(19(13)23)26-14-6-3-2-4-7-14/h2-9,13,17,19,23H,10-12H2,1H3,(H,22,24)/t13-,17-,19-/m1/s1. The van der Waals surface area contributed by atoms with Crippen molar-refractivity contribution in [1.82, 2.24) is 5.32 Å². The van der Waals surface area contributed by atoms with Gasteiger partial charge in [-0.2, -0.15) is 0 Å². The van der Waals surface area contributed by atoms with E-state index in [0.717, 1.165) is 6.42 Å². The number of hydrogen-bond acceptors (Lipinski definition) is 4. The molecule has 0 spiro atoms. The molecule has 0 bridgehead atoms. The van der Waals surface area contributed by atoms with E-state index >= 15 is 0 Å². The summed E-state index contributed by atoms with van der Waals surface area (Å²) in [7, 11) is 1.35. The van der Waals surface area contributed by atoms with Crippen LogP contribution in [0.25, 0.3) is 0 Å². The molecule has 0 radical (unpaired) electrons. The summed E-state index contributed by atoms with van der Waals surface area (Å²) < 4.78 is 24.9. The second-order valence-corrected chi connectivity index (χ2v) is 6.33. The van der Waals surface area contributed by atoms with Crippen LogP contribution in [0, 0.1) is 11.7 Å². The van der Waals surface area contributed by atoms with Crippen molar-refractivity contribution in [3.63, 3.8) is 0 Å². The van der Waals surface area contributed by atoms with Crippen molar-refractivity contribution in [3.05, 3.63) is 59.9 Å². The summed E-state index contributed by atoms with van der Waals surface area (Å²) in [6, 6.07) is 13.7. The Hall–Kier alpha value is -2.60. The van der Waals surface area contributed by atoms with E-state index in [1.54, 1.807) is 6.07 Å². The average molecular weight is 359 g/mol. The summed E-state index contributed by atoms with van der Waals surface area (Å²) in [5.74, 6) is -0.623. The molecule has 3 rings (SSSR count). The molecule has 0 aliphatic heterocycles. The Morgan fingerprint density at radius 2 is 1.96 bits per heavy atom. The van der Waals surface area contributed by atoms with Crippen LogP contribution in [0.2, 0.25) is 0 Å². The molecule has 1 aliphatic carbocycles. The number of nitrogens with one attached hydrogen (secondary N) is 1. The molecule has 2 N–H and O–H groups in total. The van der Waals surface area contributed by atoms with Gasteiger partial charge in [-0.3, -0.25) is 4.79 Å². The van der Waals surface area contributed by atoms with E-state index in [0.29, 0.717) is 12.2 Å². The van der Waals surface area contributed by atoms with Crippen LogP contribution in [0.1, 0.15) is 23.2 Å². The maximum Gasteiger partial charge on any atom is 0.254 e. The van der Waals surface area contributed by atoms with Gasteiger partial charge in [0.2, 0.25) is 0 Å². The van der Waals surface area contributed by atoms with Crippen LogP contribution >= 0.6 is 0 Å². The van der Waals surface area contributed by atoms with Gasteiger partial charge in [0.25, 0.3) is 5.91 Å². The molecule has 1 fully saturated rings. The van der Waals surface area contributed by atoms with Crippen molar-refractivity contribution >= 4 is 5.91 Å². The van der Waals surface area contributed by atoms with Crippen LogP contribution in [-0.4, -0.2) is 36.9 Å². The van der Waals surface area contributed by atoms with Crippen LogP contribution < -0.4 is 14.8 Å². The number of benzene rings is 2. The highest BCUT2D eigenvalue weighted by Crippen LogP contribution is 2.29. The lowest BCUT2D eigenvalue weighted by molar-refractivity contribution is 0.0348. The lowest BCUT2D eigenvalue weighted by Crippen LogP contribution is -2.37. The minimum absolute atomic E-state index is 0.0230. The molecule has 6 heteroatoms. The Balaban J connectivity index is 1.56. The molecule has 1 saturated carbocycles. The van der Waals surface area contributed by atoms with E-state index in [4.69, 9.17) is 9.47 Å². The number of carbonyl (C=O) groups is 1. The third-order valence-electron chi connectivity index (χ3n) is 4.67. The molecule has 1 amide bonds. The van der Waals surface area contributed by atoms with Crippen molar-refractivity contribution < 1.29 is 23.8 Å². The molecule has 2 aromatic rings. The number of aliphatic hydroxyl groups excluding tert-OH is 1. The minimum Gasteiger partial charge on any atom is -0.494 e. The summed E-state index contributed by atoms with van der Waals surface area (Å²) in [6.07, 6.45) is 0.419. The van der Waals surface area contributed by atoms with E-state index in [9.17, 15) is 14.3 Å². The highest BCUT2D eigenvalue weighted by atomic mass is 19.1. The predicted octanol–water partition coefficient (Wildman–Crippen LogP) is 2.78.